The topological polar surface area (TPSA) is 71.4 Å². The fourth-order valence-corrected chi connectivity index (χ4v) is 2.64. The van der Waals surface area contributed by atoms with Crippen LogP contribution in [0, 0.1) is 0 Å². The Balaban J connectivity index is 1.73. The number of aromatic nitrogens is 2. The first-order chi connectivity index (χ1) is 9.19. The van der Waals surface area contributed by atoms with Crippen molar-refractivity contribution in [2.75, 3.05) is 27.2 Å². The zero-order valence-corrected chi connectivity index (χ0v) is 12.0. The van der Waals surface area contributed by atoms with E-state index < -0.39 is 0 Å². The van der Waals surface area contributed by atoms with Gasteiger partial charge in [-0.3, -0.25) is 4.90 Å². The lowest BCUT2D eigenvalue weighted by molar-refractivity contribution is 0.158. The van der Waals surface area contributed by atoms with E-state index in [1.54, 1.807) is 0 Å². The van der Waals surface area contributed by atoms with Gasteiger partial charge in [0, 0.05) is 6.04 Å². The molecule has 1 fully saturated rings. The van der Waals surface area contributed by atoms with E-state index in [2.05, 4.69) is 34.0 Å². The summed E-state index contributed by atoms with van der Waals surface area (Å²) in [7, 11) is 4.33. The fraction of sp³-hybridized carbons (Fsp3) is 0.846. The van der Waals surface area contributed by atoms with Crippen molar-refractivity contribution in [1.29, 1.82) is 0 Å². The van der Waals surface area contributed by atoms with Gasteiger partial charge in [-0.15, -0.1) is 0 Å². The summed E-state index contributed by atoms with van der Waals surface area (Å²) in [5.41, 5.74) is 5.45. The van der Waals surface area contributed by atoms with Crippen LogP contribution in [0.5, 0.6) is 0 Å². The molecule has 0 amide bonds. The summed E-state index contributed by atoms with van der Waals surface area (Å²) in [4.78, 5) is 8.95. The molecule has 0 radical (unpaired) electrons. The molecule has 1 aromatic rings. The maximum absolute atomic E-state index is 5.45. The maximum Gasteiger partial charge on any atom is 0.240 e. The number of piperidine rings is 1. The van der Waals surface area contributed by atoms with Crippen LogP contribution in [-0.4, -0.2) is 53.2 Å². The first-order valence-corrected chi connectivity index (χ1v) is 7.09. The number of hydrogen-bond donors (Lipinski definition) is 1. The fourth-order valence-electron chi connectivity index (χ4n) is 2.64. The van der Waals surface area contributed by atoms with Gasteiger partial charge in [0.15, 0.2) is 5.82 Å². The van der Waals surface area contributed by atoms with Gasteiger partial charge in [0.05, 0.1) is 13.1 Å². The molecule has 19 heavy (non-hydrogen) atoms. The molecule has 1 unspecified atom stereocenters. The van der Waals surface area contributed by atoms with E-state index in [-0.39, 0.29) is 0 Å². The minimum Gasteiger partial charge on any atom is -0.338 e. The summed E-state index contributed by atoms with van der Waals surface area (Å²) in [6, 6.07) is 0.723. The Morgan fingerprint density at radius 2 is 2.32 bits per heavy atom. The van der Waals surface area contributed by atoms with Crippen LogP contribution in [0.1, 0.15) is 37.4 Å². The lowest BCUT2D eigenvalue weighted by atomic mass is 10.00. The van der Waals surface area contributed by atoms with Crippen molar-refractivity contribution < 1.29 is 4.52 Å². The van der Waals surface area contributed by atoms with Crippen LogP contribution < -0.4 is 5.73 Å². The number of rotatable bonds is 6. The number of nitrogens with two attached hydrogens (primary N) is 1. The van der Waals surface area contributed by atoms with Gasteiger partial charge >= 0.3 is 0 Å². The average Bonchev–Trinajstić information content (AvgIpc) is 2.85. The van der Waals surface area contributed by atoms with E-state index in [1.165, 1.54) is 32.2 Å². The van der Waals surface area contributed by atoms with Crippen LogP contribution in [0.15, 0.2) is 4.52 Å². The molecule has 1 atom stereocenters. The highest BCUT2D eigenvalue weighted by molar-refractivity contribution is 4.85. The predicted molar refractivity (Wildman–Crippen MR) is 73.4 cm³/mol. The Kier molecular flexibility index (Phi) is 5.30. The quantitative estimate of drug-likeness (QED) is 0.823. The van der Waals surface area contributed by atoms with Crippen LogP contribution in [0.2, 0.25) is 0 Å². The molecule has 1 aliphatic rings. The van der Waals surface area contributed by atoms with Gasteiger partial charge in [-0.2, -0.15) is 4.98 Å². The molecule has 2 N–H and O–H groups in total. The zero-order valence-electron chi connectivity index (χ0n) is 12.0. The third-order valence-electron chi connectivity index (χ3n) is 3.86. The van der Waals surface area contributed by atoms with Crippen LogP contribution in [0.3, 0.4) is 0 Å². The molecule has 108 valence electrons. The molecule has 1 aliphatic heterocycles. The number of likely N-dealkylation sites (tertiary alicyclic amines) is 1. The van der Waals surface area contributed by atoms with Crippen molar-refractivity contribution in [3.8, 4) is 0 Å². The minimum absolute atomic E-state index is 0.309. The monoisotopic (exact) mass is 267 g/mol. The molecule has 0 saturated carbocycles. The summed E-state index contributed by atoms with van der Waals surface area (Å²) in [6.07, 6.45) is 5.23. The summed E-state index contributed by atoms with van der Waals surface area (Å²) < 4.78 is 5.01. The van der Waals surface area contributed by atoms with Gasteiger partial charge in [-0.1, -0.05) is 11.6 Å². The smallest absolute Gasteiger partial charge is 0.240 e. The van der Waals surface area contributed by atoms with E-state index in [0.29, 0.717) is 12.4 Å². The predicted octanol–water partition coefficient (Wildman–Crippen LogP) is 0.835. The zero-order chi connectivity index (χ0) is 13.7. The molecule has 0 spiro atoms. The number of nitrogens with zero attached hydrogens (tertiary/aromatic N) is 4. The van der Waals surface area contributed by atoms with Crippen LogP contribution >= 0.6 is 0 Å². The Bertz CT molecular complexity index is 381. The second kappa shape index (κ2) is 6.98. The first kappa shape index (κ1) is 14.4. The molecular formula is C13H25N5O. The van der Waals surface area contributed by atoms with Crippen molar-refractivity contribution in [2.24, 2.45) is 5.73 Å². The van der Waals surface area contributed by atoms with Crippen molar-refractivity contribution in [3.63, 3.8) is 0 Å². The second-order valence-corrected chi connectivity index (χ2v) is 5.47. The van der Waals surface area contributed by atoms with Crippen LogP contribution in [0.4, 0.5) is 0 Å². The van der Waals surface area contributed by atoms with E-state index in [1.807, 2.05) is 0 Å². The average molecular weight is 267 g/mol. The van der Waals surface area contributed by atoms with Crippen molar-refractivity contribution in [3.05, 3.63) is 11.7 Å². The van der Waals surface area contributed by atoms with Gasteiger partial charge in [0.1, 0.15) is 0 Å². The van der Waals surface area contributed by atoms with E-state index in [4.69, 9.17) is 10.3 Å². The molecular weight excluding hydrogens is 242 g/mol. The van der Waals surface area contributed by atoms with Gasteiger partial charge in [-0.05, 0) is 46.4 Å². The van der Waals surface area contributed by atoms with Crippen molar-refractivity contribution in [2.45, 2.75) is 44.8 Å². The lowest BCUT2D eigenvalue weighted by Crippen LogP contribution is -2.38. The van der Waals surface area contributed by atoms with E-state index in [0.717, 1.165) is 25.0 Å². The Morgan fingerprint density at radius 3 is 3.00 bits per heavy atom. The summed E-state index contributed by atoms with van der Waals surface area (Å²) in [5, 5.41) is 3.92. The largest absolute Gasteiger partial charge is 0.338 e. The van der Waals surface area contributed by atoms with Gasteiger partial charge in [0.25, 0.3) is 0 Å². The number of hydrogen-bond acceptors (Lipinski definition) is 6. The van der Waals surface area contributed by atoms with Crippen molar-refractivity contribution >= 4 is 0 Å². The molecule has 2 heterocycles. The second-order valence-electron chi connectivity index (χ2n) is 5.47. The van der Waals surface area contributed by atoms with Crippen LogP contribution in [0.25, 0.3) is 0 Å². The standard InChI is InChI=1S/C13H25N5O/c1-17(10-12-15-13(9-14)19-16-12)8-6-11-5-3-4-7-18(11)2/h11H,3-10,14H2,1-2H3. The highest BCUT2D eigenvalue weighted by Crippen LogP contribution is 2.18. The van der Waals surface area contributed by atoms with Gasteiger partial charge in [0.2, 0.25) is 5.89 Å². The lowest BCUT2D eigenvalue weighted by Gasteiger charge is -2.33. The SMILES string of the molecule is CN(CCC1CCCCN1C)Cc1noc(CN)n1. The van der Waals surface area contributed by atoms with E-state index in [9.17, 15) is 0 Å². The third kappa shape index (κ3) is 4.26. The normalized spacial score (nSPS) is 21.2. The van der Waals surface area contributed by atoms with E-state index >= 15 is 0 Å². The Morgan fingerprint density at radius 1 is 1.47 bits per heavy atom. The minimum atomic E-state index is 0.309. The highest BCUT2D eigenvalue weighted by Gasteiger charge is 2.19. The molecule has 6 heteroatoms. The molecule has 0 aromatic carbocycles. The molecule has 2 rings (SSSR count). The third-order valence-corrected chi connectivity index (χ3v) is 3.86. The van der Waals surface area contributed by atoms with Crippen LogP contribution in [-0.2, 0) is 13.1 Å². The first-order valence-electron chi connectivity index (χ1n) is 7.09. The highest BCUT2D eigenvalue weighted by atomic mass is 16.5. The molecule has 1 aromatic heterocycles. The molecule has 0 bridgehead atoms. The molecule has 0 aliphatic carbocycles. The van der Waals surface area contributed by atoms with Crippen molar-refractivity contribution in [1.82, 2.24) is 19.9 Å². The summed E-state index contributed by atoms with van der Waals surface area (Å²) >= 11 is 0. The Hall–Kier alpha value is -0.980. The molecule has 1 saturated heterocycles. The summed E-state index contributed by atoms with van der Waals surface area (Å²) in [5.74, 6) is 1.23. The Labute approximate surface area is 114 Å². The van der Waals surface area contributed by atoms with Gasteiger partial charge < -0.3 is 15.2 Å². The molecule has 6 nitrogen and oxygen atoms in total. The maximum atomic E-state index is 5.45. The van der Waals surface area contributed by atoms with Gasteiger partial charge in [-0.25, -0.2) is 0 Å². The summed E-state index contributed by atoms with van der Waals surface area (Å²) in [6.45, 7) is 3.32.